The second-order valence-electron chi connectivity index (χ2n) is 10.5. The van der Waals surface area contributed by atoms with Crippen LogP contribution in [0.5, 0.6) is 0 Å². The molecular weight excluding hydrogens is 546 g/mol. The van der Waals surface area contributed by atoms with Gasteiger partial charge in [-0.1, -0.05) is 30.3 Å². The molecule has 1 saturated heterocycles. The van der Waals surface area contributed by atoms with Crippen LogP contribution in [0, 0.1) is 17.4 Å². The minimum Gasteiger partial charge on any atom is -0.468 e. The monoisotopic (exact) mass is 585 g/mol. The molecule has 2 unspecified atom stereocenters. The van der Waals surface area contributed by atoms with Crippen LogP contribution in [-0.4, -0.2) is 70.1 Å². The summed E-state index contributed by atoms with van der Waals surface area (Å²) in [6, 6.07) is 18.2. The van der Waals surface area contributed by atoms with Crippen molar-refractivity contribution in [2.45, 2.75) is 38.6 Å². The topological polar surface area (TPSA) is 140 Å². The van der Waals surface area contributed by atoms with Gasteiger partial charge in [-0.2, -0.15) is 5.26 Å². The van der Waals surface area contributed by atoms with Gasteiger partial charge in [-0.15, -0.1) is 0 Å². The summed E-state index contributed by atoms with van der Waals surface area (Å²) in [4.78, 5) is 37.1. The number of piperidine rings is 1. The van der Waals surface area contributed by atoms with Crippen LogP contribution in [-0.2, 0) is 19.1 Å². The van der Waals surface area contributed by atoms with E-state index in [1.807, 2.05) is 36.5 Å². The van der Waals surface area contributed by atoms with E-state index in [9.17, 15) is 14.9 Å². The van der Waals surface area contributed by atoms with Gasteiger partial charge < -0.3 is 25.0 Å². The van der Waals surface area contributed by atoms with Gasteiger partial charge in [0.25, 0.3) is 0 Å². The molecule has 43 heavy (non-hydrogen) atoms. The van der Waals surface area contributed by atoms with Crippen LogP contribution in [0.25, 0.3) is 0 Å². The van der Waals surface area contributed by atoms with Gasteiger partial charge in [0.05, 0.1) is 26.3 Å². The van der Waals surface area contributed by atoms with Crippen LogP contribution in [0.15, 0.2) is 75.9 Å². The minimum atomic E-state index is -0.797. The molecule has 11 nitrogen and oxygen atoms in total. The van der Waals surface area contributed by atoms with Gasteiger partial charge in [0, 0.05) is 54.4 Å². The fourth-order valence-electron chi connectivity index (χ4n) is 5.73. The number of esters is 2. The van der Waals surface area contributed by atoms with Crippen molar-refractivity contribution < 1.29 is 19.1 Å². The number of rotatable bonds is 9. The summed E-state index contributed by atoms with van der Waals surface area (Å²) < 4.78 is 10.1. The van der Waals surface area contributed by atoms with Gasteiger partial charge in [0.1, 0.15) is 5.92 Å². The molecule has 2 aromatic rings. The first-order valence-electron chi connectivity index (χ1n) is 14.4. The number of aliphatic imine (C=N–C) groups is 2. The molecule has 2 aromatic carbocycles. The Hall–Kier alpha value is -4.69. The molecule has 1 fully saturated rings. The predicted molar refractivity (Wildman–Crippen MR) is 167 cm³/mol. The number of hydrogen-bond donors (Lipinski definition) is 3. The van der Waals surface area contributed by atoms with E-state index in [2.05, 4.69) is 55.1 Å². The SMILES string of the molecule is COC(=O)C1=C(C)N=C(C)C(C(=O)OC)C1c1cccc(NC(=NCCNC2CCN(c3ccccc3)CC2)NC#N)c1. The van der Waals surface area contributed by atoms with Crippen molar-refractivity contribution in [2.75, 3.05) is 50.6 Å². The lowest BCUT2D eigenvalue weighted by atomic mass is 9.75. The van der Waals surface area contributed by atoms with Crippen molar-refractivity contribution in [1.82, 2.24) is 10.6 Å². The molecule has 11 heteroatoms. The lowest BCUT2D eigenvalue weighted by Crippen LogP contribution is -2.43. The summed E-state index contributed by atoms with van der Waals surface area (Å²) in [6.07, 6.45) is 4.03. The standard InChI is InChI=1S/C32H39N7O4/c1-21-27(30(40)42-3)29(28(22(2)37-21)31(41)43-4)23-9-8-10-25(19-23)38-32(36-20-33)35-16-15-34-24-13-17-39(18-14-24)26-11-6-5-7-12-26/h5-12,19,24,27,29,34H,13-18H2,1-4H3,(H2,35,36,38). The van der Waals surface area contributed by atoms with Crippen molar-refractivity contribution >= 4 is 35.0 Å². The van der Waals surface area contributed by atoms with E-state index in [1.54, 1.807) is 13.8 Å². The quantitative estimate of drug-likeness (QED) is 0.101. The molecule has 0 spiro atoms. The maximum atomic E-state index is 12.8. The fourth-order valence-corrected chi connectivity index (χ4v) is 5.73. The number of carbonyl (C=O) groups excluding carboxylic acids is 2. The third kappa shape index (κ3) is 7.78. The number of anilines is 2. The first-order chi connectivity index (χ1) is 20.9. The Labute approximate surface area is 252 Å². The van der Waals surface area contributed by atoms with E-state index in [0.29, 0.717) is 53.3 Å². The zero-order valence-electron chi connectivity index (χ0n) is 25.1. The summed E-state index contributed by atoms with van der Waals surface area (Å²) in [7, 11) is 2.61. The molecule has 4 rings (SSSR count). The van der Waals surface area contributed by atoms with Crippen LogP contribution < -0.4 is 20.9 Å². The van der Waals surface area contributed by atoms with E-state index in [4.69, 9.17) is 9.47 Å². The highest BCUT2D eigenvalue weighted by molar-refractivity contribution is 6.07. The van der Waals surface area contributed by atoms with E-state index in [0.717, 1.165) is 25.9 Å². The molecule has 0 amide bonds. The van der Waals surface area contributed by atoms with Gasteiger partial charge in [-0.3, -0.25) is 20.1 Å². The zero-order chi connectivity index (χ0) is 30.8. The third-order valence-electron chi connectivity index (χ3n) is 7.80. The highest BCUT2D eigenvalue weighted by Gasteiger charge is 2.42. The van der Waals surface area contributed by atoms with Crippen LogP contribution in [0.3, 0.4) is 0 Å². The molecule has 226 valence electrons. The highest BCUT2D eigenvalue weighted by atomic mass is 16.5. The number of nitriles is 1. The van der Waals surface area contributed by atoms with Crippen molar-refractivity contribution in [1.29, 1.82) is 5.26 Å². The second kappa shape index (κ2) is 15.0. The molecular formula is C32H39N7O4. The van der Waals surface area contributed by atoms with Crippen LogP contribution >= 0.6 is 0 Å². The first kappa shape index (κ1) is 31.3. The molecule has 0 saturated carbocycles. The summed E-state index contributed by atoms with van der Waals surface area (Å²) in [5.74, 6) is -2.22. The van der Waals surface area contributed by atoms with E-state index in [-0.39, 0.29) is 0 Å². The minimum absolute atomic E-state index is 0.297. The molecule has 0 radical (unpaired) electrons. The van der Waals surface area contributed by atoms with Crippen LogP contribution in [0.4, 0.5) is 11.4 Å². The molecule has 2 aliphatic rings. The number of ether oxygens (including phenoxy) is 2. The van der Waals surface area contributed by atoms with Crippen molar-refractivity contribution in [3.63, 3.8) is 0 Å². The van der Waals surface area contributed by atoms with Crippen molar-refractivity contribution in [3.05, 3.63) is 71.4 Å². The summed E-state index contributed by atoms with van der Waals surface area (Å²) in [6.45, 7) is 6.60. The number of allylic oxidation sites excluding steroid dienone is 1. The van der Waals surface area contributed by atoms with Crippen molar-refractivity contribution in [3.8, 4) is 6.19 Å². The van der Waals surface area contributed by atoms with Gasteiger partial charge in [-0.05, 0) is 56.5 Å². The molecule has 2 heterocycles. The fraction of sp³-hybridized carbons (Fsp3) is 0.406. The second-order valence-corrected chi connectivity index (χ2v) is 10.5. The third-order valence-corrected chi connectivity index (χ3v) is 7.80. The zero-order valence-corrected chi connectivity index (χ0v) is 25.1. The Kier molecular flexibility index (Phi) is 10.9. The van der Waals surface area contributed by atoms with Gasteiger partial charge in [0.2, 0.25) is 5.96 Å². The largest absolute Gasteiger partial charge is 0.468 e. The number of nitrogens with zero attached hydrogens (tertiary/aromatic N) is 4. The molecule has 2 atom stereocenters. The number of nitrogens with one attached hydrogen (secondary N) is 3. The smallest absolute Gasteiger partial charge is 0.336 e. The molecule has 3 N–H and O–H groups in total. The number of para-hydroxylation sites is 1. The number of guanidine groups is 1. The lowest BCUT2D eigenvalue weighted by molar-refractivity contribution is -0.143. The van der Waals surface area contributed by atoms with Crippen molar-refractivity contribution in [2.24, 2.45) is 15.9 Å². The first-order valence-corrected chi connectivity index (χ1v) is 14.4. The van der Waals surface area contributed by atoms with Gasteiger partial charge in [0.15, 0.2) is 6.19 Å². The van der Waals surface area contributed by atoms with Gasteiger partial charge >= 0.3 is 11.9 Å². The Balaban J connectivity index is 1.42. The highest BCUT2D eigenvalue weighted by Crippen LogP contribution is 2.40. The summed E-state index contributed by atoms with van der Waals surface area (Å²) in [5, 5.41) is 18.7. The lowest BCUT2D eigenvalue weighted by Gasteiger charge is -2.34. The Morgan fingerprint density at radius 2 is 1.81 bits per heavy atom. The Morgan fingerprint density at radius 3 is 2.49 bits per heavy atom. The predicted octanol–water partition coefficient (Wildman–Crippen LogP) is 3.58. The van der Waals surface area contributed by atoms with Gasteiger partial charge in [-0.25, -0.2) is 4.79 Å². The number of hydrogen-bond acceptors (Lipinski definition) is 9. The summed E-state index contributed by atoms with van der Waals surface area (Å²) in [5.41, 5.74) is 3.91. The molecule has 0 aliphatic carbocycles. The van der Waals surface area contributed by atoms with Crippen LogP contribution in [0.1, 0.15) is 38.2 Å². The number of benzene rings is 2. The van der Waals surface area contributed by atoms with E-state index in [1.165, 1.54) is 19.9 Å². The van der Waals surface area contributed by atoms with E-state index >= 15 is 0 Å². The number of carbonyl (C=O) groups is 2. The number of methoxy groups -OCH3 is 2. The molecule has 0 aromatic heterocycles. The maximum Gasteiger partial charge on any atom is 0.336 e. The maximum absolute atomic E-state index is 12.8. The molecule has 0 bridgehead atoms. The Bertz CT molecular complexity index is 1420. The normalized spacial score (nSPS) is 19.3. The average molecular weight is 586 g/mol. The van der Waals surface area contributed by atoms with E-state index < -0.39 is 23.8 Å². The average Bonchev–Trinajstić information content (AvgIpc) is 3.03. The Morgan fingerprint density at radius 1 is 1.07 bits per heavy atom. The molecule has 2 aliphatic heterocycles. The van der Waals surface area contributed by atoms with Crippen LogP contribution in [0.2, 0.25) is 0 Å². The summed E-state index contributed by atoms with van der Waals surface area (Å²) >= 11 is 0.